The third kappa shape index (κ3) is 2.81. The first-order valence-electron chi connectivity index (χ1n) is 6.74. The minimum Gasteiger partial charge on any atom is -0.496 e. The lowest BCUT2D eigenvalue weighted by molar-refractivity contribution is 0.407. The average Bonchev–Trinajstić information content (AvgIpc) is 2.39. The van der Waals surface area contributed by atoms with Gasteiger partial charge in [-0.05, 0) is 74.2 Å². The van der Waals surface area contributed by atoms with Crippen LogP contribution < -0.4 is 10.5 Å². The highest BCUT2D eigenvalue weighted by atomic mass is 16.5. The van der Waals surface area contributed by atoms with Crippen LogP contribution in [0.1, 0.15) is 42.4 Å². The van der Waals surface area contributed by atoms with E-state index in [1.54, 1.807) is 18.2 Å². The third-order valence-electron chi connectivity index (χ3n) is 3.71. The lowest BCUT2D eigenvalue weighted by Gasteiger charge is -2.21. The van der Waals surface area contributed by atoms with Crippen molar-refractivity contribution >= 4 is 0 Å². The number of benzene rings is 1. The van der Waals surface area contributed by atoms with Crippen molar-refractivity contribution in [3.8, 4) is 5.75 Å². The number of nitrogens with two attached hydrogens (primary N) is 1. The predicted molar refractivity (Wildman–Crippen MR) is 71.6 cm³/mol. The Morgan fingerprint density at radius 2 is 2.00 bits per heavy atom. The Balaban J connectivity index is 2.24. The molecule has 0 aromatic heterocycles. The van der Waals surface area contributed by atoms with Crippen molar-refractivity contribution in [2.45, 2.75) is 44.9 Å². The molecule has 2 nitrogen and oxygen atoms in total. The lowest BCUT2D eigenvalue weighted by atomic mass is 9.86. The Morgan fingerprint density at radius 1 is 1.18 bits per heavy atom. The van der Waals surface area contributed by atoms with Gasteiger partial charge in [0.2, 0.25) is 0 Å². The number of aryl methyl sites for hydroxylation is 1. The molecule has 0 bridgehead atoms. The second-order valence-electron chi connectivity index (χ2n) is 4.84. The number of unbranched alkanes of at least 4 members (excludes halogenated alkanes) is 1. The van der Waals surface area contributed by atoms with E-state index in [9.17, 15) is 0 Å². The van der Waals surface area contributed by atoms with Gasteiger partial charge in [0.15, 0.2) is 0 Å². The van der Waals surface area contributed by atoms with E-state index in [4.69, 9.17) is 10.5 Å². The number of hydrogen-bond acceptors (Lipinski definition) is 2. The van der Waals surface area contributed by atoms with Gasteiger partial charge in [-0.25, -0.2) is 0 Å². The van der Waals surface area contributed by atoms with E-state index in [1.165, 1.54) is 37.7 Å². The fourth-order valence-electron chi connectivity index (χ4n) is 2.79. The topological polar surface area (TPSA) is 35.2 Å². The second-order valence-corrected chi connectivity index (χ2v) is 4.84. The molecule has 1 aromatic rings. The Bertz CT molecular complexity index is 373. The van der Waals surface area contributed by atoms with E-state index in [0.29, 0.717) is 0 Å². The predicted octanol–water partition coefficient (Wildman–Crippen LogP) is 2.86. The van der Waals surface area contributed by atoms with Gasteiger partial charge in [-0.1, -0.05) is 6.07 Å². The molecule has 1 aliphatic rings. The SMILES string of the molecule is COc1ccc2c(c1CCCCN)CCCC2. The first-order chi connectivity index (χ1) is 8.36. The summed E-state index contributed by atoms with van der Waals surface area (Å²) < 4.78 is 5.51. The molecule has 2 heteroatoms. The quantitative estimate of drug-likeness (QED) is 0.794. The Labute approximate surface area is 104 Å². The molecule has 1 aliphatic carbocycles. The van der Waals surface area contributed by atoms with Crippen LogP contribution in [0, 0.1) is 0 Å². The normalized spacial score (nSPS) is 14.5. The second kappa shape index (κ2) is 6.06. The number of hydrogen-bond donors (Lipinski definition) is 1. The summed E-state index contributed by atoms with van der Waals surface area (Å²) >= 11 is 0. The zero-order chi connectivity index (χ0) is 12.1. The summed E-state index contributed by atoms with van der Waals surface area (Å²) in [5.41, 5.74) is 10.1. The zero-order valence-electron chi connectivity index (χ0n) is 10.8. The third-order valence-corrected chi connectivity index (χ3v) is 3.71. The fraction of sp³-hybridized carbons (Fsp3) is 0.600. The monoisotopic (exact) mass is 233 g/mol. The molecule has 1 aromatic carbocycles. The van der Waals surface area contributed by atoms with Crippen molar-refractivity contribution in [1.29, 1.82) is 0 Å². The summed E-state index contributed by atoms with van der Waals surface area (Å²) in [6, 6.07) is 4.39. The largest absolute Gasteiger partial charge is 0.496 e. The summed E-state index contributed by atoms with van der Waals surface area (Å²) in [7, 11) is 1.77. The van der Waals surface area contributed by atoms with Crippen molar-refractivity contribution in [3.63, 3.8) is 0 Å². The molecule has 0 saturated heterocycles. The molecule has 17 heavy (non-hydrogen) atoms. The van der Waals surface area contributed by atoms with Crippen LogP contribution in [0.15, 0.2) is 12.1 Å². The number of fused-ring (bicyclic) bond motifs is 1. The first kappa shape index (κ1) is 12.4. The van der Waals surface area contributed by atoms with Gasteiger partial charge in [0.05, 0.1) is 7.11 Å². The van der Waals surface area contributed by atoms with Gasteiger partial charge < -0.3 is 10.5 Å². The summed E-state index contributed by atoms with van der Waals surface area (Å²) in [5, 5.41) is 0. The fourth-order valence-corrected chi connectivity index (χ4v) is 2.79. The van der Waals surface area contributed by atoms with Crippen molar-refractivity contribution in [2.24, 2.45) is 5.73 Å². The van der Waals surface area contributed by atoms with Crippen LogP contribution in [0.2, 0.25) is 0 Å². The van der Waals surface area contributed by atoms with Crippen LogP contribution in [-0.2, 0) is 19.3 Å². The molecular weight excluding hydrogens is 210 g/mol. The number of ether oxygens (including phenoxy) is 1. The zero-order valence-corrected chi connectivity index (χ0v) is 10.8. The highest BCUT2D eigenvalue weighted by Crippen LogP contribution is 2.32. The highest BCUT2D eigenvalue weighted by Gasteiger charge is 2.16. The maximum atomic E-state index is 5.57. The summed E-state index contributed by atoms with van der Waals surface area (Å²) in [5.74, 6) is 1.07. The summed E-state index contributed by atoms with van der Waals surface area (Å²) in [6.07, 6.45) is 8.51. The first-order valence-corrected chi connectivity index (χ1v) is 6.74. The van der Waals surface area contributed by atoms with E-state index in [2.05, 4.69) is 12.1 Å². The van der Waals surface area contributed by atoms with Crippen LogP contribution >= 0.6 is 0 Å². The molecule has 0 saturated carbocycles. The molecular formula is C15H23NO. The van der Waals surface area contributed by atoms with Gasteiger partial charge >= 0.3 is 0 Å². The highest BCUT2D eigenvalue weighted by molar-refractivity contribution is 5.46. The Morgan fingerprint density at radius 3 is 2.76 bits per heavy atom. The van der Waals surface area contributed by atoms with E-state index >= 15 is 0 Å². The Hall–Kier alpha value is -1.02. The summed E-state index contributed by atoms with van der Waals surface area (Å²) in [4.78, 5) is 0. The molecule has 0 fully saturated rings. The maximum Gasteiger partial charge on any atom is 0.122 e. The van der Waals surface area contributed by atoms with Gasteiger partial charge in [0.25, 0.3) is 0 Å². The van der Waals surface area contributed by atoms with Crippen molar-refractivity contribution in [3.05, 3.63) is 28.8 Å². The van der Waals surface area contributed by atoms with Gasteiger partial charge in [-0.3, -0.25) is 0 Å². The van der Waals surface area contributed by atoms with Gasteiger partial charge in [-0.2, -0.15) is 0 Å². The molecule has 0 unspecified atom stereocenters. The van der Waals surface area contributed by atoms with Gasteiger partial charge in [0.1, 0.15) is 5.75 Å². The minimum atomic E-state index is 0.789. The van der Waals surface area contributed by atoms with Crippen LogP contribution in [-0.4, -0.2) is 13.7 Å². The molecule has 94 valence electrons. The van der Waals surface area contributed by atoms with Gasteiger partial charge in [0, 0.05) is 0 Å². The van der Waals surface area contributed by atoms with E-state index < -0.39 is 0 Å². The molecule has 0 spiro atoms. The van der Waals surface area contributed by atoms with Crippen LogP contribution in [0.4, 0.5) is 0 Å². The molecule has 0 amide bonds. The molecule has 0 radical (unpaired) electrons. The summed E-state index contributed by atoms with van der Waals surface area (Å²) in [6.45, 7) is 0.789. The van der Waals surface area contributed by atoms with Crippen LogP contribution in [0.5, 0.6) is 5.75 Å². The van der Waals surface area contributed by atoms with Crippen molar-refractivity contribution in [2.75, 3.05) is 13.7 Å². The number of methoxy groups -OCH3 is 1. The van der Waals surface area contributed by atoms with E-state index in [-0.39, 0.29) is 0 Å². The van der Waals surface area contributed by atoms with E-state index in [0.717, 1.165) is 25.1 Å². The number of rotatable bonds is 5. The minimum absolute atomic E-state index is 0.789. The molecule has 0 heterocycles. The molecule has 0 aliphatic heterocycles. The smallest absolute Gasteiger partial charge is 0.122 e. The van der Waals surface area contributed by atoms with Crippen LogP contribution in [0.25, 0.3) is 0 Å². The van der Waals surface area contributed by atoms with Crippen LogP contribution in [0.3, 0.4) is 0 Å². The van der Waals surface area contributed by atoms with Crippen molar-refractivity contribution in [1.82, 2.24) is 0 Å². The Kier molecular flexibility index (Phi) is 4.43. The molecule has 0 atom stereocenters. The van der Waals surface area contributed by atoms with Gasteiger partial charge in [-0.15, -0.1) is 0 Å². The van der Waals surface area contributed by atoms with E-state index in [1.807, 2.05) is 0 Å². The molecule has 2 rings (SSSR count). The average molecular weight is 233 g/mol. The standard InChI is InChI=1S/C15H23NO/c1-17-15-10-9-12-6-2-3-7-13(12)14(15)8-4-5-11-16/h9-10H,2-8,11,16H2,1H3. The lowest BCUT2D eigenvalue weighted by Crippen LogP contribution is -2.09. The maximum absolute atomic E-state index is 5.57. The van der Waals surface area contributed by atoms with Crippen molar-refractivity contribution < 1.29 is 4.74 Å². The molecule has 2 N–H and O–H groups in total.